The molecule has 32 heavy (non-hydrogen) atoms. The zero-order chi connectivity index (χ0) is 21.9. The van der Waals surface area contributed by atoms with Crippen LogP contribution in [0.4, 0.5) is 0 Å². The molecule has 162 valence electrons. The zero-order valence-electron chi connectivity index (χ0n) is 18.0. The van der Waals surface area contributed by atoms with Crippen LogP contribution in [0.1, 0.15) is 31.8 Å². The van der Waals surface area contributed by atoms with E-state index in [4.69, 9.17) is 0 Å². The number of carbonyl (C=O) groups excluding carboxylic acids is 2. The summed E-state index contributed by atoms with van der Waals surface area (Å²) in [6.45, 7) is 3.20. The highest BCUT2D eigenvalue weighted by Crippen LogP contribution is 2.23. The van der Waals surface area contributed by atoms with Gasteiger partial charge in [-0.05, 0) is 41.8 Å². The summed E-state index contributed by atoms with van der Waals surface area (Å²) in [6.07, 6.45) is 0.873. The Bertz CT molecular complexity index is 1070. The fourth-order valence-electron chi connectivity index (χ4n) is 4.39. The summed E-state index contributed by atoms with van der Waals surface area (Å²) in [4.78, 5) is 29.3. The average molecular weight is 426 g/mol. The summed E-state index contributed by atoms with van der Waals surface area (Å²) in [6, 6.07) is 28.2. The van der Waals surface area contributed by atoms with E-state index in [2.05, 4.69) is 22.3 Å². The van der Waals surface area contributed by atoms with Crippen molar-refractivity contribution < 1.29 is 9.59 Å². The predicted molar refractivity (Wildman–Crippen MR) is 125 cm³/mol. The number of carbonyl (C=O) groups is 2. The van der Waals surface area contributed by atoms with Crippen LogP contribution in [0.5, 0.6) is 0 Å². The summed E-state index contributed by atoms with van der Waals surface area (Å²) in [5.74, 6) is 0.0818. The van der Waals surface area contributed by atoms with E-state index in [1.54, 1.807) is 0 Å². The largest absolute Gasteiger partial charge is 0.347 e. The molecule has 2 heterocycles. The number of nitrogens with one attached hydrogen (secondary N) is 1. The molecule has 2 aliphatic heterocycles. The van der Waals surface area contributed by atoms with Crippen molar-refractivity contribution in [3.8, 4) is 0 Å². The third-order valence-corrected chi connectivity index (χ3v) is 6.40. The van der Waals surface area contributed by atoms with Gasteiger partial charge in [0.1, 0.15) is 0 Å². The highest BCUT2D eigenvalue weighted by molar-refractivity contribution is 5.95. The minimum absolute atomic E-state index is 0.0172. The average Bonchev–Trinajstić information content (AvgIpc) is 2.78. The Hall–Kier alpha value is -3.44. The van der Waals surface area contributed by atoms with Crippen molar-refractivity contribution in [2.45, 2.75) is 18.5 Å². The Kier molecular flexibility index (Phi) is 5.73. The van der Waals surface area contributed by atoms with Crippen molar-refractivity contribution in [3.63, 3.8) is 0 Å². The van der Waals surface area contributed by atoms with Gasteiger partial charge in [-0.25, -0.2) is 0 Å². The standard InChI is InChI=1S/C27H27N3O2/c31-26(22-9-5-2-6-10-22)28-24-16-29(17-24)25-18-30(19-25)27(32)23-13-11-21(12-14-23)15-20-7-3-1-4-8-20/h1-14,24-25H,15-19H2,(H,28,31). The fraction of sp³-hybridized carbons (Fsp3) is 0.259. The molecule has 5 nitrogen and oxygen atoms in total. The molecule has 0 unspecified atom stereocenters. The van der Waals surface area contributed by atoms with E-state index < -0.39 is 0 Å². The Balaban J connectivity index is 1.06. The first-order valence-electron chi connectivity index (χ1n) is 11.2. The smallest absolute Gasteiger partial charge is 0.253 e. The molecule has 2 aliphatic rings. The van der Waals surface area contributed by atoms with Crippen molar-refractivity contribution in [1.29, 1.82) is 0 Å². The van der Waals surface area contributed by atoms with Gasteiger partial charge in [0.05, 0.1) is 6.04 Å². The maximum absolute atomic E-state index is 12.8. The van der Waals surface area contributed by atoms with E-state index in [1.165, 1.54) is 11.1 Å². The summed E-state index contributed by atoms with van der Waals surface area (Å²) < 4.78 is 0. The Morgan fingerprint density at radius 3 is 1.97 bits per heavy atom. The minimum atomic E-state index is -0.0172. The van der Waals surface area contributed by atoms with Gasteiger partial charge >= 0.3 is 0 Å². The molecule has 0 radical (unpaired) electrons. The number of benzene rings is 3. The lowest BCUT2D eigenvalue weighted by Crippen LogP contribution is -2.70. The second-order valence-corrected chi connectivity index (χ2v) is 8.71. The van der Waals surface area contributed by atoms with E-state index in [0.717, 1.165) is 38.2 Å². The second kappa shape index (κ2) is 8.97. The van der Waals surface area contributed by atoms with Gasteiger partial charge < -0.3 is 10.2 Å². The monoisotopic (exact) mass is 425 g/mol. The highest BCUT2D eigenvalue weighted by Gasteiger charge is 2.41. The first-order valence-corrected chi connectivity index (χ1v) is 11.2. The SMILES string of the molecule is O=C(NC1CN(C2CN(C(=O)c3ccc(Cc4ccccc4)cc3)C2)C1)c1ccccc1. The number of amides is 2. The Labute approximate surface area is 188 Å². The van der Waals surface area contributed by atoms with Crippen molar-refractivity contribution >= 4 is 11.8 Å². The van der Waals surface area contributed by atoms with Crippen LogP contribution in [-0.4, -0.2) is 59.9 Å². The van der Waals surface area contributed by atoms with Crippen LogP contribution in [0.15, 0.2) is 84.9 Å². The van der Waals surface area contributed by atoms with Crippen LogP contribution in [0, 0.1) is 0 Å². The van der Waals surface area contributed by atoms with E-state index in [9.17, 15) is 9.59 Å². The number of hydrogen-bond acceptors (Lipinski definition) is 3. The van der Waals surface area contributed by atoms with E-state index in [0.29, 0.717) is 11.6 Å². The molecule has 0 spiro atoms. The van der Waals surface area contributed by atoms with Crippen molar-refractivity contribution in [2.75, 3.05) is 26.2 Å². The van der Waals surface area contributed by atoms with Gasteiger partial charge in [-0.2, -0.15) is 0 Å². The van der Waals surface area contributed by atoms with Gasteiger partial charge in [-0.15, -0.1) is 0 Å². The van der Waals surface area contributed by atoms with Gasteiger partial charge in [0.25, 0.3) is 11.8 Å². The Morgan fingerprint density at radius 1 is 0.719 bits per heavy atom. The lowest BCUT2D eigenvalue weighted by atomic mass is 9.98. The molecule has 0 aromatic heterocycles. The number of nitrogens with zero attached hydrogens (tertiary/aromatic N) is 2. The molecule has 0 bridgehead atoms. The van der Waals surface area contributed by atoms with Crippen molar-refractivity contribution in [2.24, 2.45) is 0 Å². The molecule has 2 saturated heterocycles. The van der Waals surface area contributed by atoms with E-state index in [-0.39, 0.29) is 17.9 Å². The fourth-order valence-corrected chi connectivity index (χ4v) is 4.39. The molecule has 2 amide bonds. The molecule has 1 N–H and O–H groups in total. The maximum Gasteiger partial charge on any atom is 0.253 e. The zero-order valence-corrected chi connectivity index (χ0v) is 18.0. The van der Waals surface area contributed by atoms with Gasteiger partial charge in [0.15, 0.2) is 0 Å². The second-order valence-electron chi connectivity index (χ2n) is 8.71. The first-order chi connectivity index (χ1) is 15.7. The lowest BCUT2D eigenvalue weighted by molar-refractivity contribution is -0.00941. The topological polar surface area (TPSA) is 52.7 Å². The third kappa shape index (κ3) is 4.43. The van der Waals surface area contributed by atoms with Gasteiger partial charge in [-0.3, -0.25) is 14.5 Å². The highest BCUT2D eigenvalue weighted by atomic mass is 16.2. The molecule has 0 atom stereocenters. The molecule has 0 saturated carbocycles. The number of rotatable bonds is 6. The predicted octanol–water partition coefficient (Wildman–Crippen LogP) is 3.22. The van der Waals surface area contributed by atoms with Gasteiger partial charge in [-0.1, -0.05) is 60.7 Å². The van der Waals surface area contributed by atoms with Gasteiger partial charge in [0, 0.05) is 43.3 Å². The third-order valence-electron chi connectivity index (χ3n) is 6.40. The molecular weight excluding hydrogens is 398 g/mol. The quantitative estimate of drug-likeness (QED) is 0.660. The molecular formula is C27H27N3O2. The summed E-state index contributed by atoms with van der Waals surface area (Å²) in [5, 5.41) is 3.09. The van der Waals surface area contributed by atoms with E-state index in [1.807, 2.05) is 77.7 Å². The van der Waals surface area contributed by atoms with Crippen LogP contribution in [0.25, 0.3) is 0 Å². The van der Waals surface area contributed by atoms with Crippen molar-refractivity contribution in [1.82, 2.24) is 15.1 Å². The molecule has 3 aromatic rings. The van der Waals surface area contributed by atoms with Gasteiger partial charge in [0.2, 0.25) is 0 Å². The summed E-state index contributed by atoms with van der Waals surface area (Å²) in [5.41, 5.74) is 3.92. The first kappa shape index (κ1) is 20.5. The molecule has 3 aromatic carbocycles. The summed E-state index contributed by atoms with van der Waals surface area (Å²) >= 11 is 0. The molecule has 2 fully saturated rings. The normalized spacial score (nSPS) is 16.8. The summed E-state index contributed by atoms with van der Waals surface area (Å²) in [7, 11) is 0. The minimum Gasteiger partial charge on any atom is -0.347 e. The van der Waals surface area contributed by atoms with Crippen LogP contribution in [0.3, 0.4) is 0 Å². The van der Waals surface area contributed by atoms with E-state index >= 15 is 0 Å². The molecule has 5 rings (SSSR count). The number of likely N-dealkylation sites (tertiary alicyclic amines) is 2. The van der Waals surface area contributed by atoms with Crippen LogP contribution in [-0.2, 0) is 6.42 Å². The molecule has 5 heteroatoms. The van der Waals surface area contributed by atoms with Crippen LogP contribution < -0.4 is 5.32 Å². The van der Waals surface area contributed by atoms with Crippen LogP contribution >= 0.6 is 0 Å². The van der Waals surface area contributed by atoms with Crippen LogP contribution in [0.2, 0.25) is 0 Å². The maximum atomic E-state index is 12.8. The number of hydrogen-bond donors (Lipinski definition) is 1. The van der Waals surface area contributed by atoms with Crippen molar-refractivity contribution in [3.05, 3.63) is 107 Å². The Morgan fingerprint density at radius 2 is 1.31 bits per heavy atom. The molecule has 0 aliphatic carbocycles. The lowest BCUT2D eigenvalue weighted by Gasteiger charge is -2.51.